The highest BCUT2D eigenvalue weighted by Crippen LogP contribution is 2.18. The van der Waals surface area contributed by atoms with E-state index in [1.807, 2.05) is 25.1 Å². The number of esters is 1. The van der Waals surface area contributed by atoms with Crippen molar-refractivity contribution < 1.29 is 13.9 Å². The Morgan fingerprint density at radius 3 is 2.79 bits per heavy atom. The molecule has 2 aromatic carbocycles. The van der Waals surface area contributed by atoms with Gasteiger partial charge in [-0.3, -0.25) is 0 Å². The zero-order valence-corrected chi connectivity index (χ0v) is 17.7. The summed E-state index contributed by atoms with van der Waals surface area (Å²) in [5.41, 5.74) is 2.98. The molecule has 0 spiro atoms. The molecule has 0 fully saturated rings. The van der Waals surface area contributed by atoms with Gasteiger partial charge in [-0.1, -0.05) is 24.3 Å². The summed E-state index contributed by atoms with van der Waals surface area (Å²) in [6, 6.07) is 12.2. The predicted molar refractivity (Wildman–Crippen MR) is 119 cm³/mol. The Labute approximate surface area is 175 Å². The number of ether oxygens (including phenoxy) is 1. The van der Waals surface area contributed by atoms with Crippen LogP contribution in [0.4, 0.5) is 10.1 Å². The molecular weight excluding hydrogens is 395 g/mol. The zero-order valence-electron chi connectivity index (χ0n) is 16.1. The molecule has 0 aliphatic carbocycles. The lowest BCUT2D eigenvalue weighted by atomic mass is 10.1. The van der Waals surface area contributed by atoms with E-state index in [0.717, 1.165) is 29.0 Å². The van der Waals surface area contributed by atoms with Crippen LogP contribution in [0.5, 0.6) is 0 Å². The lowest BCUT2D eigenvalue weighted by molar-refractivity contribution is 0.0526. The fourth-order valence-electron chi connectivity index (χ4n) is 2.44. The van der Waals surface area contributed by atoms with Crippen molar-refractivity contribution in [2.24, 2.45) is 0 Å². The van der Waals surface area contributed by atoms with Gasteiger partial charge in [0.1, 0.15) is 5.82 Å². The van der Waals surface area contributed by atoms with Gasteiger partial charge in [-0.05, 0) is 67.6 Å². The fraction of sp³-hybridized carbons (Fsp3) is 0.333. The molecule has 0 aromatic heterocycles. The fourth-order valence-corrected chi connectivity index (χ4v) is 3.60. The number of nitrogens with one attached hydrogen (secondary N) is 2. The Morgan fingerprint density at radius 1 is 1.25 bits per heavy atom. The Balaban J connectivity index is 1.71. The standard InChI is InChI=1S/C21H25FN2O2S2/c1-3-26-20(25)16-10-9-15(2)19(13-16)24-21(27)23-11-6-12-28-14-17-7-4-5-8-18(17)22/h4-5,7-10,13H,3,6,11-12,14H2,1-2H3,(H2,23,24,27). The maximum absolute atomic E-state index is 13.6. The number of carbonyl (C=O) groups is 1. The molecule has 7 heteroatoms. The molecule has 4 nitrogen and oxygen atoms in total. The first-order chi connectivity index (χ1) is 13.5. The number of aryl methyl sites for hydroxylation is 1. The van der Waals surface area contributed by atoms with Crippen molar-refractivity contribution >= 4 is 40.7 Å². The zero-order chi connectivity index (χ0) is 20.4. The summed E-state index contributed by atoms with van der Waals surface area (Å²) >= 11 is 7.03. The van der Waals surface area contributed by atoms with Gasteiger partial charge in [0, 0.05) is 18.0 Å². The van der Waals surface area contributed by atoms with E-state index < -0.39 is 0 Å². The number of thiocarbonyl (C=S) groups is 1. The molecule has 0 saturated heterocycles. The summed E-state index contributed by atoms with van der Waals surface area (Å²) in [7, 11) is 0. The number of thioether (sulfide) groups is 1. The van der Waals surface area contributed by atoms with Crippen molar-refractivity contribution in [3.8, 4) is 0 Å². The van der Waals surface area contributed by atoms with Crippen LogP contribution < -0.4 is 10.6 Å². The van der Waals surface area contributed by atoms with Crippen LogP contribution in [0.2, 0.25) is 0 Å². The molecule has 0 aliphatic heterocycles. The molecule has 0 radical (unpaired) electrons. The molecule has 0 bridgehead atoms. The number of anilines is 1. The van der Waals surface area contributed by atoms with Crippen molar-refractivity contribution in [2.75, 3.05) is 24.2 Å². The summed E-state index contributed by atoms with van der Waals surface area (Å²) in [6.45, 7) is 4.77. The van der Waals surface area contributed by atoms with E-state index in [-0.39, 0.29) is 11.8 Å². The number of benzene rings is 2. The van der Waals surface area contributed by atoms with E-state index >= 15 is 0 Å². The van der Waals surface area contributed by atoms with E-state index in [1.54, 1.807) is 36.9 Å². The lowest BCUT2D eigenvalue weighted by Gasteiger charge is -2.13. The highest BCUT2D eigenvalue weighted by molar-refractivity contribution is 7.98. The van der Waals surface area contributed by atoms with Crippen molar-refractivity contribution in [1.29, 1.82) is 0 Å². The van der Waals surface area contributed by atoms with Gasteiger partial charge in [0.25, 0.3) is 0 Å². The maximum atomic E-state index is 13.6. The van der Waals surface area contributed by atoms with Gasteiger partial charge in [0.05, 0.1) is 12.2 Å². The lowest BCUT2D eigenvalue weighted by Crippen LogP contribution is -2.29. The number of halogens is 1. The van der Waals surface area contributed by atoms with Crippen molar-refractivity contribution in [3.63, 3.8) is 0 Å². The molecule has 0 aliphatic rings. The summed E-state index contributed by atoms with van der Waals surface area (Å²) < 4.78 is 18.6. The summed E-state index contributed by atoms with van der Waals surface area (Å²) in [5, 5.41) is 6.79. The van der Waals surface area contributed by atoms with Gasteiger partial charge in [-0.2, -0.15) is 11.8 Å². The molecule has 2 N–H and O–H groups in total. The molecule has 28 heavy (non-hydrogen) atoms. The first kappa shape index (κ1) is 22.2. The predicted octanol–water partition coefficient (Wildman–Crippen LogP) is 4.92. The van der Waals surface area contributed by atoms with Gasteiger partial charge in [0.2, 0.25) is 0 Å². The minimum atomic E-state index is -0.351. The van der Waals surface area contributed by atoms with Gasteiger partial charge in [0.15, 0.2) is 5.11 Å². The van der Waals surface area contributed by atoms with Crippen molar-refractivity contribution in [2.45, 2.75) is 26.0 Å². The maximum Gasteiger partial charge on any atom is 0.338 e. The smallest absolute Gasteiger partial charge is 0.338 e. The number of rotatable bonds is 9. The van der Waals surface area contributed by atoms with Crippen LogP contribution in [0.25, 0.3) is 0 Å². The average Bonchev–Trinajstić information content (AvgIpc) is 2.67. The van der Waals surface area contributed by atoms with E-state index in [1.165, 1.54) is 6.07 Å². The first-order valence-corrected chi connectivity index (χ1v) is 10.7. The first-order valence-electron chi connectivity index (χ1n) is 9.15. The Kier molecular flexibility index (Phi) is 9.23. The molecule has 150 valence electrons. The number of carbonyl (C=O) groups excluding carboxylic acids is 1. The van der Waals surface area contributed by atoms with Gasteiger partial charge in [-0.25, -0.2) is 9.18 Å². The van der Waals surface area contributed by atoms with E-state index in [4.69, 9.17) is 17.0 Å². The quantitative estimate of drug-likeness (QED) is 0.341. The summed E-state index contributed by atoms with van der Waals surface area (Å²) in [6.07, 6.45) is 0.906. The molecule has 0 heterocycles. The van der Waals surface area contributed by atoms with Crippen LogP contribution in [0.3, 0.4) is 0 Å². The second kappa shape index (κ2) is 11.7. The van der Waals surface area contributed by atoms with Crippen LogP contribution in [-0.2, 0) is 10.5 Å². The molecular formula is C21H25FN2O2S2. The molecule has 2 rings (SSSR count). The highest BCUT2D eigenvalue weighted by atomic mass is 32.2. The van der Waals surface area contributed by atoms with E-state index in [9.17, 15) is 9.18 Å². The van der Waals surface area contributed by atoms with Crippen LogP contribution >= 0.6 is 24.0 Å². The minimum absolute atomic E-state index is 0.154. The van der Waals surface area contributed by atoms with Gasteiger partial charge >= 0.3 is 5.97 Å². The number of hydrogen-bond acceptors (Lipinski definition) is 4. The molecule has 0 saturated carbocycles. The van der Waals surface area contributed by atoms with Crippen LogP contribution in [-0.4, -0.2) is 30.0 Å². The largest absolute Gasteiger partial charge is 0.462 e. The Hall–Kier alpha value is -2.12. The van der Waals surface area contributed by atoms with Crippen LogP contribution in [0, 0.1) is 12.7 Å². The van der Waals surface area contributed by atoms with Gasteiger partial charge in [-0.15, -0.1) is 0 Å². The highest BCUT2D eigenvalue weighted by Gasteiger charge is 2.09. The van der Waals surface area contributed by atoms with E-state index in [2.05, 4.69) is 10.6 Å². The monoisotopic (exact) mass is 420 g/mol. The topological polar surface area (TPSA) is 50.4 Å². The summed E-state index contributed by atoms with van der Waals surface area (Å²) in [5.74, 6) is 1.06. The third-order valence-electron chi connectivity index (χ3n) is 3.96. The third kappa shape index (κ3) is 7.13. The summed E-state index contributed by atoms with van der Waals surface area (Å²) in [4.78, 5) is 11.9. The third-order valence-corrected chi connectivity index (χ3v) is 5.30. The normalized spacial score (nSPS) is 10.4. The second-order valence-electron chi connectivity index (χ2n) is 6.13. The van der Waals surface area contributed by atoms with Crippen LogP contribution in [0.15, 0.2) is 42.5 Å². The minimum Gasteiger partial charge on any atom is -0.462 e. The average molecular weight is 421 g/mol. The number of hydrogen-bond donors (Lipinski definition) is 2. The Morgan fingerprint density at radius 2 is 2.04 bits per heavy atom. The second-order valence-corrected chi connectivity index (χ2v) is 7.64. The molecule has 0 unspecified atom stereocenters. The molecule has 0 atom stereocenters. The van der Waals surface area contributed by atoms with Crippen molar-refractivity contribution in [3.05, 3.63) is 65.0 Å². The Bertz CT molecular complexity index is 815. The molecule has 0 amide bonds. The van der Waals surface area contributed by atoms with E-state index in [0.29, 0.717) is 29.6 Å². The van der Waals surface area contributed by atoms with Crippen molar-refractivity contribution in [1.82, 2.24) is 5.32 Å². The van der Waals surface area contributed by atoms with Crippen LogP contribution in [0.1, 0.15) is 34.8 Å². The van der Waals surface area contributed by atoms with Gasteiger partial charge < -0.3 is 15.4 Å². The SMILES string of the molecule is CCOC(=O)c1ccc(C)c(NC(=S)NCCCSCc2ccccc2F)c1. The molecule has 2 aromatic rings.